The van der Waals surface area contributed by atoms with E-state index in [9.17, 15) is 4.79 Å². The number of hydrogen-bond donors (Lipinski definition) is 2. The number of Topliss-reactive ketones (excluding diaryl/α,β-unsaturated/α-hetero) is 1. The Morgan fingerprint density at radius 2 is 1.80 bits per heavy atom. The van der Waals surface area contributed by atoms with Crippen molar-refractivity contribution < 1.29 is 4.79 Å². The first-order valence-corrected chi connectivity index (χ1v) is 9.12. The molecule has 2 aromatic carbocycles. The second-order valence-electron chi connectivity index (χ2n) is 5.92. The number of ketones is 1. The van der Waals surface area contributed by atoms with Crippen molar-refractivity contribution in [3.8, 4) is 0 Å². The van der Waals surface area contributed by atoms with Crippen LogP contribution < -0.4 is 5.32 Å². The highest BCUT2D eigenvalue weighted by Gasteiger charge is 2.24. The summed E-state index contributed by atoms with van der Waals surface area (Å²) in [6.07, 6.45) is 1.82. The van der Waals surface area contributed by atoms with E-state index in [1.165, 1.54) is 4.88 Å². The van der Waals surface area contributed by atoms with Gasteiger partial charge in [-0.05, 0) is 23.1 Å². The molecule has 1 unspecified atom stereocenters. The van der Waals surface area contributed by atoms with Crippen LogP contribution in [0.5, 0.6) is 0 Å². The number of thiophene rings is 1. The third-order valence-electron chi connectivity index (χ3n) is 4.31. The van der Waals surface area contributed by atoms with Crippen LogP contribution in [0.1, 0.15) is 26.8 Å². The molecule has 1 atom stereocenters. The summed E-state index contributed by atoms with van der Waals surface area (Å²) < 4.78 is 0. The van der Waals surface area contributed by atoms with Gasteiger partial charge in [-0.1, -0.05) is 54.6 Å². The first-order valence-electron chi connectivity index (χ1n) is 8.24. The van der Waals surface area contributed by atoms with Gasteiger partial charge in [-0.3, -0.25) is 10.1 Å². The lowest BCUT2D eigenvalue weighted by Gasteiger charge is -2.17. The van der Waals surface area contributed by atoms with Gasteiger partial charge in [0.2, 0.25) is 0 Å². The average Bonchev–Trinajstić information content (AvgIpc) is 3.32. The highest BCUT2D eigenvalue weighted by molar-refractivity contribution is 7.09. The van der Waals surface area contributed by atoms with Crippen LogP contribution in [-0.2, 0) is 6.54 Å². The topological polar surface area (TPSA) is 44.9 Å². The fraction of sp³-hybridized carbons (Fsp3) is 0.0952. The number of rotatable bonds is 6. The number of H-pyrrole nitrogens is 1. The molecular weight excluding hydrogens is 328 g/mol. The SMILES string of the molecule is O=C(c1c[nH]c2ccccc12)C(NCc1cccs1)c1ccccc1. The summed E-state index contributed by atoms with van der Waals surface area (Å²) in [5.74, 6) is 0.0835. The maximum Gasteiger partial charge on any atom is 0.186 e. The molecule has 0 aliphatic heterocycles. The Bertz CT molecular complexity index is 973. The lowest BCUT2D eigenvalue weighted by molar-refractivity contribution is 0.0944. The summed E-state index contributed by atoms with van der Waals surface area (Å²) in [5.41, 5.74) is 2.69. The van der Waals surface area contributed by atoms with Gasteiger partial charge < -0.3 is 4.98 Å². The van der Waals surface area contributed by atoms with Crippen molar-refractivity contribution in [2.24, 2.45) is 0 Å². The summed E-state index contributed by atoms with van der Waals surface area (Å²) >= 11 is 1.69. The lowest BCUT2D eigenvalue weighted by Crippen LogP contribution is -2.28. The zero-order valence-corrected chi connectivity index (χ0v) is 14.4. The molecule has 0 saturated carbocycles. The van der Waals surface area contributed by atoms with Crippen LogP contribution in [0.15, 0.2) is 78.3 Å². The Morgan fingerprint density at radius 1 is 1.00 bits per heavy atom. The molecule has 0 aliphatic rings. The van der Waals surface area contributed by atoms with Crippen molar-refractivity contribution >= 4 is 28.0 Å². The number of fused-ring (bicyclic) bond motifs is 1. The lowest BCUT2D eigenvalue weighted by atomic mass is 9.97. The molecule has 0 saturated heterocycles. The van der Waals surface area contributed by atoms with Crippen LogP contribution in [0, 0.1) is 0 Å². The number of aromatic amines is 1. The third-order valence-corrected chi connectivity index (χ3v) is 5.19. The van der Waals surface area contributed by atoms with E-state index in [4.69, 9.17) is 0 Å². The van der Waals surface area contributed by atoms with E-state index in [-0.39, 0.29) is 11.8 Å². The molecule has 0 spiro atoms. The minimum absolute atomic E-state index is 0.0835. The maximum atomic E-state index is 13.3. The Balaban J connectivity index is 1.68. The van der Waals surface area contributed by atoms with E-state index in [2.05, 4.69) is 21.7 Å². The number of carbonyl (C=O) groups excluding carboxylic acids is 1. The van der Waals surface area contributed by atoms with Gasteiger partial charge in [0.1, 0.15) is 0 Å². The number of nitrogens with one attached hydrogen (secondary N) is 2. The maximum absolute atomic E-state index is 13.3. The fourth-order valence-corrected chi connectivity index (χ4v) is 3.71. The summed E-state index contributed by atoms with van der Waals surface area (Å²) in [7, 11) is 0. The van der Waals surface area contributed by atoms with Gasteiger partial charge in [0.25, 0.3) is 0 Å². The molecule has 4 heteroatoms. The monoisotopic (exact) mass is 346 g/mol. The Hall–Kier alpha value is -2.69. The smallest absolute Gasteiger partial charge is 0.186 e. The zero-order valence-electron chi connectivity index (χ0n) is 13.6. The minimum Gasteiger partial charge on any atom is -0.360 e. The average molecular weight is 346 g/mol. The van der Waals surface area contributed by atoms with E-state index in [1.807, 2.05) is 66.9 Å². The molecule has 25 heavy (non-hydrogen) atoms. The van der Waals surface area contributed by atoms with Crippen LogP contribution in [-0.4, -0.2) is 10.8 Å². The van der Waals surface area contributed by atoms with E-state index in [0.29, 0.717) is 6.54 Å². The van der Waals surface area contributed by atoms with Gasteiger partial charge >= 0.3 is 0 Å². The third kappa shape index (κ3) is 3.27. The van der Waals surface area contributed by atoms with Gasteiger partial charge in [-0.25, -0.2) is 0 Å². The van der Waals surface area contributed by atoms with Crippen molar-refractivity contribution in [2.45, 2.75) is 12.6 Å². The molecule has 0 aliphatic carbocycles. The van der Waals surface area contributed by atoms with Crippen LogP contribution >= 0.6 is 11.3 Å². The first-order chi connectivity index (χ1) is 12.3. The van der Waals surface area contributed by atoms with Gasteiger partial charge in [-0.15, -0.1) is 11.3 Å². The van der Waals surface area contributed by atoms with Crippen LogP contribution in [0.4, 0.5) is 0 Å². The second-order valence-corrected chi connectivity index (χ2v) is 6.95. The highest BCUT2D eigenvalue weighted by atomic mass is 32.1. The van der Waals surface area contributed by atoms with E-state index in [0.717, 1.165) is 22.0 Å². The zero-order chi connectivity index (χ0) is 17.1. The molecule has 0 amide bonds. The Labute approximate surface area is 150 Å². The highest BCUT2D eigenvalue weighted by Crippen LogP contribution is 2.25. The standard InChI is InChI=1S/C21H18N2OS/c24-21(18-14-22-19-11-5-4-10-17(18)19)20(15-7-2-1-3-8-15)23-13-16-9-6-12-25-16/h1-12,14,20,22-23H,13H2. The summed E-state index contributed by atoms with van der Waals surface area (Å²) in [6, 6.07) is 21.5. The number of aromatic nitrogens is 1. The Morgan fingerprint density at radius 3 is 2.60 bits per heavy atom. The van der Waals surface area contributed by atoms with E-state index in [1.54, 1.807) is 11.3 Å². The molecule has 124 valence electrons. The van der Waals surface area contributed by atoms with Crippen LogP contribution in [0.25, 0.3) is 10.9 Å². The summed E-state index contributed by atoms with van der Waals surface area (Å²) in [5, 5.41) is 6.45. The minimum atomic E-state index is -0.373. The molecular formula is C21H18N2OS. The largest absolute Gasteiger partial charge is 0.360 e. The van der Waals surface area contributed by atoms with Crippen molar-refractivity contribution in [1.29, 1.82) is 0 Å². The van der Waals surface area contributed by atoms with Crippen molar-refractivity contribution in [2.75, 3.05) is 0 Å². The first kappa shape index (κ1) is 15.8. The number of hydrogen-bond acceptors (Lipinski definition) is 3. The second kappa shape index (κ2) is 7.05. The molecule has 2 aromatic heterocycles. The van der Waals surface area contributed by atoms with Gasteiger partial charge in [0, 0.05) is 34.1 Å². The van der Waals surface area contributed by atoms with E-state index < -0.39 is 0 Å². The summed E-state index contributed by atoms with van der Waals surface area (Å²) in [6.45, 7) is 0.672. The van der Waals surface area contributed by atoms with Gasteiger partial charge in [0.05, 0.1) is 6.04 Å². The van der Waals surface area contributed by atoms with Crippen molar-refractivity contribution in [3.63, 3.8) is 0 Å². The molecule has 3 nitrogen and oxygen atoms in total. The van der Waals surface area contributed by atoms with Crippen molar-refractivity contribution in [1.82, 2.24) is 10.3 Å². The molecule has 2 N–H and O–H groups in total. The number of carbonyl (C=O) groups is 1. The number of benzene rings is 2. The van der Waals surface area contributed by atoms with Gasteiger partial charge in [-0.2, -0.15) is 0 Å². The quantitative estimate of drug-likeness (QED) is 0.486. The van der Waals surface area contributed by atoms with Gasteiger partial charge in [0.15, 0.2) is 5.78 Å². The normalized spacial score (nSPS) is 12.3. The molecule has 2 heterocycles. The van der Waals surface area contributed by atoms with E-state index >= 15 is 0 Å². The molecule has 0 fully saturated rings. The predicted molar refractivity (Wildman–Crippen MR) is 103 cm³/mol. The van der Waals surface area contributed by atoms with Crippen LogP contribution in [0.2, 0.25) is 0 Å². The predicted octanol–water partition coefficient (Wildman–Crippen LogP) is 4.94. The summed E-state index contributed by atoms with van der Waals surface area (Å²) in [4.78, 5) is 17.7. The number of para-hydroxylation sites is 1. The Kier molecular flexibility index (Phi) is 4.46. The fourth-order valence-electron chi connectivity index (χ4n) is 3.05. The van der Waals surface area contributed by atoms with Crippen molar-refractivity contribution in [3.05, 3.63) is 94.3 Å². The van der Waals surface area contributed by atoms with Crippen LogP contribution in [0.3, 0.4) is 0 Å². The molecule has 4 aromatic rings. The molecule has 0 radical (unpaired) electrons. The molecule has 4 rings (SSSR count). The molecule has 0 bridgehead atoms.